The molecule has 1 aromatic carbocycles. The average molecular weight is 519 g/mol. The molecular weight excluding hydrogens is 491 g/mol. The molecule has 1 aliphatic rings. The summed E-state index contributed by atoms with van der Waals surface area (Å²) in [5, 5.41) is 22.1. The molecule has 0 bridgehead atoms. The molecule has 1 saturated heterocycles. The lowest BCUT2D eigenvalue weighted by atomic mass is 10.0. The fourth-order valence-corrected chi connectivity index (χ4v) is 4.28. The average Bonchev–Trinajstić information content (AvgIpc) is 3.45. The van der Waals surface area contributed by atoms with E-state index < -0.39 is 35.9 Å². The third-order valence-electron chi connectivity index (χ3n) is 5.94. The number of likely N-dealkylation sites (tertiary alicyclic amines) is 1. The number of alkyl halides is 1. The molecule has 11 heteroatoms. The fourth-order valence-electron chi connectivity index (χ4n) is 4.28. The highest BCUT2D eigenvalue weighted by Crippen LogP contribution is 2.29. The minimum Gasteiger partial charge on any atom is -0.444 e. The van der Waals surface area contributed by atoms with Gasteiger partial charge in [0.1, 0.15) is 41.2 Å². The van der Waals surface area contributed by atoms with Gasteiger partial charge in [-0.05, 0) is 56.7 Å². The van der Waals surface area contributed by atoms with Crippen molar-refractivity contribution in [1.29, 1.82) is 10.5 Å². The molecule has 38 heavy (non-hydrogen) atoms. The smallest absolute Gasteiger partial charge is 0.408 e. The molecule has 3 aromatic rings. The minimum absolute atomic E-state index is 0.0418. The van der Waals surface area contributed by atoms with Crippen LogP contribution in [0.5, 0.6) is 11.6 Å². The number of nitrogens with zero attached hydrogens (tertiary/aromatic N) is 4. The van der Waals surface area contributed by atoms with E-state index in [4.69, 9.17) is 9.47 Å². The largest absolute Gasteiger partial charge is 0.444 e. The summed E-state index contributed by atoms with van der Waals surface area (Å²) in [6.45, 7) is 4.87. The third kappa shape index (κ3) is 6.01. The first-order valence-corrected chi connectivity index (χ1v) is 12.0. The normalized spacial score (nSPS) is 17.9. The number of ether oxygens (including phenoxy) is 2. The topological polar surface area (TPSA) is 144 Å². The maximum absolute atomic E-state index is 14.1. The van der Waals surface area contributed by atoms with Gasteiger partial charge in [0.05, 0.1) is 12.6 Å². The monoisotopic (exact) mass is 518 g/mol. The van der Waals surface area contributed by atoms with Crippen LogP contribution >= 0.6 is 0 Å². The summed E-state index contributed by atoms with van der Waals surface area (Å²) in [6, 6.07) is 10.4. The number of hydrogen-bond acceptors (Lipinski definition) is 7. The zero-order valence-corrected chi connectivity index (χ0v) is 21.2. The molecule has 3 unspecified atom stereocenters. The van der Waals surface area contributed by atoms with Crippen molar-refractivity contribution in [1.82, 2.24) is 20.2 Å². The number of H-pyrrole nitrogens is 1. The van der Waals surface area contributed by atoms with Gasteiger partial charge in [0.15, 0.2) is 0 Å². The number of halogens is 1. The van der Waals surface area contributed by atoms with Crippen molar-refractivity contribution in [2.75, 3.05) is 6.54 Å². The van der Waals surface area contributed by atoms with E-state index in [1.165, 1.54) is 11.1 Å². The maximum Gasteiger partial charge on any atom is 0.408 e. The van der Waals surface area contributed by atoms with Crippen molar-refractivity contribution in [2.24, 2.45) is 0 Å². The zero-order chi connectivity index (χ0) is 27.4. The molecule has 0 spiro atoms. The van der Waals surface area contributed by atoms with Crippen LogP contribution in [0, 0.1) is 22.7 Å². The van der Waals surface area contributed by atoms with Crippen LogP contribution in [0.15, 0.2) is 42.7 Å². The van der Waals surface area contributed by atoms with Crippen LogP contribution in [0.25, 0.3) is 10.9 Å². The number of fused-ring (bicyclic) bond motifs is 1. The number of alkyl carbamates (subject to hydrolysis) is 1. The Bertz CT molecular complexity index is 1430. The number of aromatic amines is 1. The Hall–Kier alpha value is -4.64. The molecule has 3 heterocycles. The van der Waals surface area contributed by atoms with Crippen molar-refractivity contribution < 1.29 is 23.5 Å². The Morgan fingerprint density at radius 1 is 1.32 bits per heavy atom. The molecule has 0 saturated carbocycles. The second kappa shape index (κ2) is 10.8. The van der Waals surface area contributed by atoms with Gasteiger partial charge in [-0.1, -0.05) is 0 Å². The number of hydrogen-bond donors (Lipinski definition) is 2. The Kier molecular flexibility index (Phi) is 7.49. The van der Waals surface area contributed by atoms with Crippen LogP contribution in [-0.2, 0) is 16.0 Å². The lowest BCUT2D eigenvalue weighted by Gasteiger charge is -2.27. The molecule has 2 amide bonds. The summed E-state index contributed by atoms with van der Waals surface area (Å²) in [5.74, 6) is 0.000727. The molecular formula is C27H27FN6O4. The van der Waals surface area contributed by atoms with Gasteiger partial charge < -0.3 is 24.7 Å². The highest BCUT2D eigenvalue weighted by molar-refractivity contribution is 5.89. The summed E-state index contributed by atoms with van der Waals surface area (Å²) in [5.41, 5.74) is 0.895. The summed E-state index contributed by atoms with van der Waals surface area (Å²) in [6.07, 6.45) is 1.07. The lowest BCUT2D eigenvalue weighted by molar-refractivity contribution is -0.133. The van der Waals surface area contributed by atoms with E-state index in [-0.39, 0.29) is 30.8 Å². The van der Waals surface area contributed by atoms with Crippen LogP contribution < -0.4 is 10.1 Å². The Morgan fingerprint density at radius 3 is 2.82 bits per heavy atom. The number of nitriles is 2. The second-order valence-corrected chi connectivity index (χ2v) is 9.96. The number of carbonyl (C=O) groups is 2. The van der Waals surface area contributed by atoms with E-state index in [0.717, 1.165) is 5.52 Å². The molecule has 3 atom stereocenters. The van der Waals surface area contributed by atoms with Gasteiger partial charge in [0, 0.05) is 36.1 Å². The fraction of sp³-hybridized carbons (Fsp3) is 0.370. The zero-order valence-electron chi connectivity index (χ0n) is 21.2. The SMILES string of the molecule is CC(C)(C)OC(=O)NC(Cc1c[nH]c2ccc(Oc3ncccc3C#N)cc12)C(=O)N1CC(F)CC1C#N. The van der Waals surface area contributed by atoms with E-state index in [1.54, 1.807) is 57.3 Å². The third-order valence-corrected chi connectivity index (χ3v) is 5.94. The Morgan fingerprint density at radius 2 is 2.11 bits per heavy atom. The van der Waals surface area contributed by atoms with Gasteiger partial charge >= 0.3 is 6.09 Å². The Balaban J connectivity index is 1.63. The van der Waals surface area contributed by atoms with Gasteiger partial charge in [0.2, 0.25) is 11.8 Å². The van der Waals surface area contributed by atoms with Crippen molar-refractivity contribution in [3.63, 3.8) is 0 Å². The van der Waals surface area contributed by atoms with Crippen LogP contribution in [0.2, 0.25) is 0 Å². The molecule has 196 valence electrons. The van der Waals surface area contributed by atoms with Crippen LogP contribution in [0.4, 0.5) is 9.18 Å². The first kappa shape index (κ1) is 26.4. The molecule has 1 fully saturated rings. The maximum atomic E-state index is 14.1. The van der Waals surface area contributed by atoms with Crippen molar-refractivity contribution in [3.05, 3.63) is 53.9 Å². The van der Waals surface area contributed by atoms with E-state index in [9.17, 15) is 24.5 Å². The van der Waals surface area contributed by atoms with E-state index in [0.29, 0.717) is 16.7 Å². The van der Waals surface area contributed by atoms with Crippen molar-refractivity contribution >= 4 is 22.9 Å². The molecule has 0 radical (unpaired) electrons. The first-order valence-electron chi connectivity index (χ1n) is 12.0. The number of aromatic nitrogens is 2. The predicted molar refractivity (Wildman–Crippen MR) is 135 cm³/mol. The first-order chi connectivity index (χ1) is 18.1. The predicted octanol–water partition coefficient (Wildman–Crippen LogP) is 4.13. The minimum atomic E-state index is -1.32. The molecule has 0 aliphatic carbocycles. The number of pyridine rings is 1. The van der Waals surface area contributed by atoms with E-state index in [2.05, 4.69) is 15.3 Å². The number of carbonyl (C=O) groups excluding carboxylic acids is 2. The molecule has 2 aromatic heterocycles. The summed E-state index contributed by atoms with van der Waals surface area (Å²) >= 11 is 0. The highest BCUT2D eigenvalue weighted by Gasteiger charge is 2.39. The number of rotatable bonds is 6. The van der Waals surface area contributed by atoms with Gasteiger partial charge in [-0.2, -0.15) is 10.5 Å². The standard InChI is InChI=1S/C27H27FN6O4/c1-27(2,3)38-26(36)33-23(25(35)34-15-18(28)10-19(34)13-30)9-17-14-32-22-7-6-20(11-21(17)22)37-24-16(12-29)5-4-8-31-24/h4-8,11,14,18-19,23,32H,9-10,15H2,1-3H3,(H,33,36). The van der Waals surface area contributed by atoms with Crippen LogP contribution in [0.1, 0.15) is 38.3 Å². The van der Waals surface area contributed by atoms with Crippen LogP contribution in [0.3, 0.4) is 0 Å². The quantitative estimate of drug-likeness (QED) is 0.499. The van der Waals surface area contributed by atoms with Crippen molar-refractivity contribution in [2.45, 2.75) is 57.5 Å². The summed E-state index contributed by atoms with van der Waals surface area (Å²) in [4.78, 5) is 34.5. The van der Waals surface area contributed by atoms with Gasteiger partial charge in [-0.15, -0.1) is 0 Å². The molecule has 1 aliphatic heterocycles. The summed E-state index contributed by atoms with van der Waals surface area (Å²) in [7, 11) is 0. The van der Waals surface area contributed by atoms with Gasteiger partial charge in [0.25, 0.3) is 0 Å². The number of amides is 2. The van der Waals surface area contributed by atoms with Crippen LogP contribution in [-0.4, -0.2) is 57.3 Å². The van der Waals surface area contributed by atoms with Gasteiger partial charge in [-0.3, -0.25) is 4.79 Å². The number of nitrogens with one attached hydrogen (secondary N) is 2. The second-order valence-electron chi connectivity index (χ2n) is 9.96. The molecule has 4 rings (SSSR count). The summed E-state index contributed by atoms with van der Waals surface area (Å²) < 4.78 is 25.3. The van der Waals surface area contributed by atoms with E-state index in [1.807, 2.05) is 12.1 Å². The number of benzene rings is 1. The van der Waals surface area contributed by atoms with Crippen molar-refractivity contribution in [3.8, 4) is 23.8 Å². The van der Waals surface area contributed by atoms with Gasteiger partial charge in [-0.25, -0.2) is 14.2 Å². The molecule has 2 N–H and O–H groups in total. The lowest BCUT2D eigenvalue weighted by Crippen LogP contribution is -2.52. The molecule has 10 nitrogen and oxygen atoms in total. The van der Waals surface area contributed by atoms with E-state index >= 15 is 0 Å². The highest BCUT2D eigenvalue weighted by atomic mass is 19.1. The Labute approximate surface area is 219 Å².